The Balaban J connectivity index is 1.77. The average Bonchev–Trinajstić information content (AvgIpc) is 2.73. The van der Waals surface area contributed by atoms with E-state index in [0.717, 1.165) is 0 Å². The van der Waals surface area contributed by atoms with Crippen LogP contribution < -0.4 is 9.47 Å². The fourth-order valence-electron chi connectivity index (χ4n) is 3.09. The molecule has 2 aromatic rings. The van der Waals surface area contributed by atoms with Crippen molar-refractivity contribution in [3.8, 4) is 11.5 Å². The third-order valence-corrected chi connectivity index (χ3v) is 7.14. The number of hydrogen-bond donors (Lipinski definition) is 0. The summed E-state index contributed by atoms with van der Waals surface area (Å²) in [6, 6.07) is 9.28. The molecule has 0 unspecified atom stereocenters. The molecule has 0 radical (unpaired) electrons. The second-order valence-electron chi connectivity index (χ2n) is 6.34. The Kier molecular flexibility index (Phi) is 6.58. The molecule has 156 valence electrons. The van der Waals surface area contributed by atoms with Gasteiger partial charge in [-0.25, -0.2) is 8.42 Å². The number of hydrogen-bond acceptors (Lipinski definition) is 5. The first-order chi connectivity index (χ1) is 13.8. The zero-order valence-electron chi connectivity index (χ0n) is 15.9. The highest BCUT2D eigenvalue weighted by molar-refractivity contribution is 7.89. The maximum Gasteiger partial charge on any atom is 0.255 e. The lowest BCUT2D eigenvalue weighted by atomic mass is 10.2. The lowest BCUT2D eigenvalue weighted by Crippen LogP contribution is -2.50. The number of benzene rings is 2. The molecule has 10 heteroatoms. The molecule has 3 rings (SSSR count). The maximum atomic E-state index is 13.1. The number of rotatable bonds is 5. The summed E-state index contributed by atoms with van der Waals surface area (Å²) in [6.07, 6.45) is 0. The molecular weight excluding hydrogens is 439 g/mol. The van der Waals surface area contributed by atoms with Crippen LogP contribution >= 0.6 is 23.2 Å². The maximum absolute atomic E-state index is 13.1. The van der Waals surface area contributed by atoms with E-state index in [2.05, 4.69) is 0 Å². The van der Waals surface area contributed by atoms with Crippen molar-refractivity contribution < 1.29 is 22.7 Å². The predicted octanol–water partition coefficient (Wildman–Crippen LogP) is 3.16. The van der Waals surface area contributed by atoms with Crippen LogP contribution in [0.25, 0.3) is 0 Å². The van der Waals surface area contributed by atoms with Crippen molar-refractivity contribution in [3.63, 3.8) is 0 Å². The van der Waals surface area contributed by atoms with Crippen LogP contribution in [0.5, 0.6) is 11.5 Å². The second kappa shape index (κ2) is 8.79. The molecule has 0 saturated carbocycles. The van der Waals surface area contributed by atoms with Crippen LogP contribution in [-0.4, -0.2) is 63.9 Å². The monoisotopic (exact) mass is 458 g/mol. The molecular formula is C19H20Cl2N2O5S. The van der Waals surface area contributed by atoms with E-state index in [1.165, 1.54) is 30.7 Å². The zero-order chi connectivity index (χ0) is 21.2. The normalized spacial score (nSPS) is 15.2. The molecule has 1 aliphatic heterocycles. The molecule has 0 spiro atoms. The van der Waals surface area contributed by atoms with Gasteiger partial charge in [-0.3, -0.25) is 4.79 Å². The van der Waals surface area contributed by atoms with Crippen molar-refractivity contribution in [3.05, 3.63) is 52.0 Å². The highest BCUT2D eigenvalue weighted by atomic mass is 35.5. The first-order valence-corrected chi connectivity index (χ1v) is 10.9. The van der Waals surface area contributed by atoms with Crippen LogP contribution in [0.1, 0.15) is 10.4 Å². The average molecular weight is 459 g/mol. The van der Waals surface area contributed by atoms with Gasteiger partial charge in [0.2, 0.25) is 10.0 Å². The minimum absolute atomic E-state index is 0.0277. The van der Waals surface area contributed by atoms with E-state index >= 15 is 0 Å². The predicted molar refractivity (Wildman–Crippen MR) is 111 cm³/mol. The van der Waals surface area contributed by atoms with Crippen LogP contribution in [0.2, 0.25) is 10.0 Å². The minimum Gasteiger partial charge on any atom is -0.497 e. The number of methoxy groups -OCH3 is 2. The first kappa shape index (κ1) is 21.7. The Morgan fingerprint density at radius 1 is 0.966 bits per heavy atom. The van der Waals surface area contributed by atoms with E-state index in [4.69, 9.17) is 32.7 Å². The van der Waals surface area contributed by atoms with E-state index in [1.807, 2.05) is 0 Å². The number of piperazine rings is 1. The van der Waals surface area contributed by atoms with Gasteiger partial charge >= 0.3 is 0 Å². The summed E-state index contributed by atoms with van der Waals surface area (Å²) in [5.41, 5.74) is 0.335. The summed E-state index contributed by atoms with van der Waals surface area (Å²) < 4.78 is 37.9. The third-order valence-electron chi connectivity index (χ3n) is 4.68. The highest BCUT2D eigenvalue weighted by Crippen LogP contribution is 2.31. The van der Waals surface area contributed by atoms with Gasteiger partial charge in [0.25, 0.3) is 5.91 Å². The van der Waals surface area contributed by atoms with E-state index in [1.54, 1.807) is 29.2 Å². The number of nitrogens with zero attached hydrogens (tertiary/aromatic N) is 2. The Hall–Kier alpha value is -2.00. The summed E-state index contributed by atoms with van der Waals surface area (Å²) in [6.45, 7) is 0.784. The number of amides is 1. The number of halogens is 2. The Labute approximate surface area is 179 Å². The van der Waals surface area contributed by atoms with Crippen LogP contribution in [0.3, 0.4) is 0 Å². The molecule has 1 amide bonds. The van der Waals surface area contributed by atoms with Crippen molar-refractivity contribution >= 4 is 39.1 Å². The van der Waals surface area contributed by atoms with Gasteiger partial charge in [0.15, 0.2) is 0 Å². The summed E-state index contributed by atoms with van der Waals surface area (Å²) in [4.78, 5) is 14.3. The van der Waals surface area contributed by atoms with Gasteiger partial charge in [-0.15, -0.1) is 0 Å². The van der Waals surface area contributed by atoms with Crippen LogP contribution in [-0.2, 0) is 10.0 Å². The molecule has 1 fully saturated rings. The standard InChI is InChI=1S/C19H20Cl2N2O5S/c1-27-14-4-6-17(28-2)18(12-14)29(25,26)23-9-7-22(8-10-23)19(24)15-5-3-13(20)11-16(15)21/h3-6,11-12H,7-10H2,1-2H3. The van der Waals surface area contributed by atoms with E-state index in [9.17, 15) is 13.2 Å². The quantitative estimate of drug-likeness (QED) is 0.687. The molecule has 1 aliphatic rings. The number of sulfonamides is 1. The van der Waals surface area contributed by atoms with Gasteiger partial charge in [0, 0.05) is 37.3 Å². The van der Waals surface area contributed by atoms with Gasteiger partial charge < -0.3 is 14.4 Å². The molecule has 7 nitrogen and oxygen atoms in total. The number of ether oxygens (including phenoxy) is 2. The summed E-state index contributed by atoms with van der Waals surface area (Å²) in [5, 5.41) is 0.702. The van der Waals surface area contributed by atoms with Gasteiger partial charge in [-0.05, 0) is 30.3 Å². The second-order valence-corrected chi connectivity index (χ2v) is 9.09. The molecule has 0 atom stereocenters. The van der Waals surface area contributed by atoms with Crippen molar-refractivity contribution in [1.82, 2.24) is 9.21 Å². The van der Waals surface area contributed by atoms with Crippen molar-refractivity contribution in [2.24, 2.45) is 0 Å². The molecule has 0 aromatic heterocycles. The fraction of sp³-hybridized carbons (Fsp3) is 0.316. The smallest absolute Gasteiger partial charge is 0.255 e. The van der Waals surface area contributed by atoms with E-state index in [0.29, 0.717) is 16.3 Å². The topological polar surface area (TPSA) is 76.2 Å². The summed E-state index contributed by atoms with van der Waals surface area (Å²) >= 11 is 12.0. The van der Waals surface area contributed by atoms with Crippen LogP contribution in [0.4, 0.5) is 0 Å². The van der Waals surface area contributed by atoms with Gasteiger partial charge in [0.1, 0.15) is 16.4 Å². The number of carbonyl (C=O) groups is 1. The molecule has 0 aliphatic carbocycles. The van der Waals surface area contributed by atoms with E-state index < -0.39 is 10.0 Å². The summed E-state index contributed by atoms with van der Waals surface area (Å²) in [7, 11) is -0.945. The van der Waals surface area contributed by atoms with Crippen molar-refractivity contribution in [2.75, 3.05) is 40.4 Å². The lowest BCUT2D eigenvalue weighted by Gasteiger charge is -2.34. The minimum atomic E-state index is -3.82. The SMILES string of the molecule is COc1ccc(OC)c(S(=O)(=O)N2CCN(C(=O)c3ccc(Cl)cc3Cl)CC2)c1. The largest absolute Gasteiger partial charge is 0.497 e. The Bertz CT molecular complexity index is 1020. The summed E-state index contributed by atoms with van der Waals surface area (Å²) in [5.74, 6) is 0.385. The van der Waals surface area contributed by atoms with Gasteiger partial charge in [-0.2, -0.15) is 4.31 Å². The Morgan fingerprint density at radius 3 is 2.24 bits per heavy atom. The van der Waals surface area contributed by atoms with Crippen molar-refractivity contribution in [1.29, 1.82) is 0 Å². The van der Waals surface area contributed by atoms with Gasteiger partial charge in [0.05, 0.1) is 24.8 Å². The molecule has 1 heterocycles. The van der Waals surface area contributed by atoms with E-state index in [-0.39, 0.29) is 47.8 Å². The highest BCUT2D eigenvalue weighted by Gasteiger charge is 2.33. The van der Waals surface area contributed by atoms with Gasteiger partial charge in [-0.1, -0.05) is 23.2 Å². The van der Waals surface area contributed by atoms with Crippen LogP contribution in [0.15, 0.2) is 41.3 Å². The first-order valence-electron chi connectivity index (χ1n) is 8.74. The molecule has 2 aromatic carbocycles. The number of carbonyl (C=O) groups excluding carboxylic acids is 1. The molecule has 29 heavy (non-hydrogen) atoms. The molecule has 1 saturated heterocycles. The fourth-order valence-corrected chi connectivity index (χ4v) is 5.17. The zero-order valence-corrected chi connectivity index (χ0v) is 18.2. The Morgan fingerprint density at radius 2 is 1.66 bits per heavy atom. The van der Waals surface area contributed by atoms with Crippen LogP contribution in [0, 0.1) is 0 Å². The lowest BCUT2D eigenvalue weighted by molar-refractivity contribution is 0.0698. The van der Waals surface area contributed by atoms with Crippen molar-refractivity contribution in [2.45, 2.75) is 4.90 Å². The molecule has 0 N–H and O–H groups in total. The molecule has 0 bridgehead atoms. The third kappa shape index (κ3) is 4.45.